The quantitative estimate of drug-likeness (QED) is 0.771. The van der Waals surface area contributed by atoms with Gasteiger partial charge in [0.2, 0.25) is 5.91 Å². The number of aromatic nitrogens is 1. The zero-order valence-corrected chi connectivity index (χ0v) is 18.8. The molecule has 1 aromatic heterocycles. The average Bonchev–Trinajstić information content (AvgIpc) is 3.51. The topological polar surface area (TPSA) is 65.5 Å². The zero-order chi connectivity index (χ0) is 21.3. The molecule has 0 spiro atoms. The van der Waals surface area contributed by atoms with Gasteiger partial charge in [0.15, 0.2) is 0 Å². The molecule has 6 nitrogen and oxygen atoms in total. The third-order valence-electron chi connectivity index (χ3n) is 6.05. The molecule has 30 heavy (non-hydrogen) atoms. The summed E-state index contributed by atoms with van der Waals surface area (Å²) in [5.74, 6) is 0.158. The second-order valence-electron chi connectivity index (χ2n) is 8.27. The number of benzene rings is 1. The van der Waals surface area contributed by atoms with E-state index in [2.05, 4.69) is 46.4 Å². The lowest BCUT2D eigenvalue weighted by Gasteiger charge is -2.37. The highest BCUT2D eigenvalue weighted by Crippen LogP contribution is 2.29. The maximum Gasteiger partial charge on any atom is 0.265 e. The summed E-state index contributed by atoms with van der Waals surface area (Å²) >= 11 is 1.47. The Labute approximate surface area is 182 Å². The van der Waals surface area contributed by atoms with Gasteiger partial charge in [0.1, 0.15) is 9.88 Å². The van der Waals surface area contributed by atoms with E-state index in [0.29, 0.717) is 32.2 Å². The van der Waals surface area contributed by atoms with Crippen LogP contribution in [0.15, 0.2) is 24.3 Å². The first-order chi connectivity index (χ1) is 14.5. The number of rotatable bonds is 6. The third-order valence-corrected chi connectivity index (χ3v) is 7.25. The summed E-state index contributed by atoms with van der Waals surface area (Å²) < 4.78 is 0. The van der Waals surface area contributed by atoms with E-state index >= 15 is 0 Å². The van der Waals surface area contributed by atoms with Crippen LogP contribution < -0.4 is 5.32 Å². The number of thiazole rings is 1. The summed E-state index contributed by atoms with van der Waals surface area (Å²) in [6, 6.07) is 8.63. The lowest BCUT2D eigenvalue weighted by molar-refractivity contribution is -0.126. The molecule has 0 bridgehead atoms. The van der Waals surface area contributed by atoms with E-state index in [1.54, 1.807) is 0 Å². The van der Waals surface area contributed by atoms with Crippen LogP contribution in [0.2, 0.25) is 0 Å². The normalized spacial score (nSPS) is 18.3. The SMILES string of the molecule is CCc1ccc(-c2nc(C)c(C(=O)N3CCN(C(C)C(=O)NC4CC4)CC3)s2)cc1. The highest BCUT2D eigenvalue weighted by Gasteiger charge is 2.31. The van der Waals surface area contributed by atoms with Crippen LogP contribution in [0.3, 0.4) is 0 Å². The van der Waals surface area contributed by atoms with Gasteiger partial charge in [0.05, 0.1) is 11.7 Å². The van der Waals surface area contributed by atoms with Crippen molar-refractivity contribution >= 4 is 23.2 Å². The molecule has 1 aliphatic heterocycles. The third kappa shape index (κ3) is 4.57. The van der Waals surface area contributed by atoms with Gasteiger partial charge in [-0.1, -0.05) is 31.2 Å². The number of nitrogens with one attached hydrogen (secondary N) is 1. The summed E-state index contributed by atoms with van der Waals surface area (Å²) in [6.07, 6.45) is 3.20. The van der Waals surface area contributed by atoms with E-state index in [1.807, 2.05) is 18.7 Å². The Kier molecular flexibility index (Phi) is 6.20. The molecule has 2 aliphatic rings. The Morgan fingerprint density at radius 1 is 1.17 bits per heavy atom. The number of amides is 2. The van der Waals surface area contributed by atoms with Crippen molar-refractivity contribution in [1.29, 1.82) is 0 Å². The standard InChI is InChI=1S/C23H30N4O2S/c1-4-17-5-7-18(8-6-17)22-24-15(2)20(30-22)23(29)27-13-11-26(12-14-27)16(3)21(28)25-19-9-10-19/h5-8,16,19H,4,9-14H2,1-3H3,(H,25,28). The molecule has 0 radical (unpaired) electrons. The molecule has 1 saturated carbocycles. The fourth-order valence-corrected chi connectivity index (χ4v) is 4.81. The molecule has 1 saturated heterocycles. The van der Waals surface area contributed by atoms with Gasteiger partial charge in [-0.15, -0.1) is 11.3 Å². The number of piperazine rings is 1. The molecule has 2 heterocycles. The van der Waals surface area contributed by atoms with Crippen LogP contribution in [0.25, 0.3) is 10.6 Å². The zero-order valence-electron chi connectivity index (χ0n) is 18.0. The Bertz CT molecular complexity index is 912. The van der Waals surface area contributed by atoms with Crippen LogP contribution in [-0.2, 0) is 11.2 Å². The van der Waals surface area contributed by atoms with Crippen LogP contribution in [0.5, 0.6) is 0 Å². The number of hydrogen-bond acceptors (Lipinski definition) is 5. The molecule has 1 unspecified atom stereocenters. The van der Waals surface area contributed by atoms with Crippen molar-refractivity contribution in [3.63, 3.8) is 0 Å². The Balaban J connectivity index is 1.38. The van der Waals surface area contributed by atoms with Crippen LogP contribution in [-0.4, -0.2) is 64.9 Å². The van der Waals surface area contributed by atoms with Crippen molar-refractivity contribution in [2.45, 2.75) is 52.1 Å². The molecule has 7 heteroatoms. The predicted octanol–water partition coefficient (Wildman–Crippen LogP) is 3.11. The Hall–Kier alpha value is -2.25. The van der Waals surface area contributed by atoms with Crippen molar-refractivity contribution in [2.24, 2.45) is 0 Å². The average molecular weight is 427 g/mol. The summed E-state index contributed by atoms with van der Waals surface area (Å²) in [5, 5.41) is 3.97. The maximum atomic E-state index is 13.1. The van der Waals surface area contributed by atoms with E-state index in [4.69, 9.17) is 0 Å². The number of aryl methyl sites for hydroxylation is 2. The predicted molar refractivity (Wildman–Crippen MR) is 120 cm³/mol. The summed E-state index contributed by atoms with van der Waals surface area (Å²) in [5.41, 5.74) is 3.14. The highest BCUT2D eigenvalue weighted by atomic mass is 32.1. The summed E-state index contributed by atoms with van der Waals surface area (Å²) in [6.45, 7) is 8.71. The largest absolute Gasteiger partial charge is 0.352 e. The number of carbonyl (C=O) groups is 2. The van der Waals surface area contributed by atoms with Gasteiger partial charge in [0, 0.05) is 37.8 Å². The van der Waals surface area contributed by atoms with E-state index in [9.17, 15) is 9.59 Å². The van der Waals surface area contributed by atoms with E-state index < -0.39 is 0 Å². The molecule has 4 rings (SSSR count). The van der Waals surface area contributed by atoms with Gasteiger partial charge < -0.3 is 10.2 Å². The lowest BCUT2D eigenvalue weighted by Crippen LogP contribution is -2.55. The minimum Gasteiger partial charge on any atom is -0.352 e. The second-order valence-corrected chi connectivity index (χ2v) is 9.27. The molecule has 1 N–H and O–H groups in total. The van der Waals surface area contributed by atoms with Crippen LogP contribution >= 0.6 is 11.3 Å². The number of carbonyl (C=O) groups excluding carboxylic acids is 2. The highest BCUT2D eigenvalue weighted by molar-refractivity contribution is 7.17. The van der Waals surface area contributed by atoms with Gasteiger partial charge in [-0.25, -0.2) is 4.98 Å². The fourth-order valence-electron chi connectivity index (χ4n) is 3.77. The van der Waals surface area contributed by atoms with Crippen molar-refractivity contribution in [1.82, 2.24) is 20.1 Å². The number of nitrogens with zero attached hydrogens (tertiary/aromatic N) is 3. The monoisotopic (exact) mass is 426 g/mol. The van der Waals surface area contributed by atoms with E-state index in [-0.39, 0.29) is 17.9 Å². The van der Waals surface area contributed by atoms with Gasteiger partial charge in [-0.05, 0) is 38.7 Å². The van der Waals surface area contributed by atoms with Crippen molar-refractivity contribution in [2.75, 3.05) is 26.2 Å². The molecule has 2 amide bonds. The van der Waals surface area contributed by atoms with Crippen LogP contribution in [0, 0.1) is 6.92 Å². The molecule has 2 aromatic rings. The van der Waals surface area contributed by atoms with Crippen molar-refractivity contribution in [3.8, 4) is 10.6 Å². The Morgan fingerprint density at radius 2 is 1.83 bits per heavy atom. The molecule has 2 fully saturated rings. The first kappa shape index (κ1) is 21.0. The van der Waals surface area contributed by atoms with Gasteiger partial charge in [-0.2, -0.15) is 0 Å². The molecule has 1 atom stereocenters. The minimum absolute atomic E-state index is 0.0520. The van der Waals surface area contributed by atoms with Gasteiger partial charge in [0.25, 0.3) is 5.91 Å². The maximum absolute atomic E-state index is 13.1. The molecule has 1 aliphatic carbocycles. The van der Waals surface area contributed by atoms with Crippen LogP contribution in [0.4, 0.5) is 0 Å². The first-order valence-corrected chi connectivity index (χ1v) is 11.7. The number of hydrogen-bond donors (Lipinski definition) is 1. The van der Waals surface area contributed by atoms with Gasteiger partial charge >= 0.3 is 0 Å². The van der Waals surface area contributed by atoms with Gasteiger partial charge in [-0.3, -0.25) is 14.5 Å². The van der Waals surface area contributed by atoms with E-state index in [1.165, 1.54) is 16.9 Å². The van der Waals surface area contributed by atoms with Crippen LogP contribution in [0.1, 0.15) is 47.6 Å². The van der Waals surface area contributed by atoms with Crippen molar-refractivity contribution < 1.29 is 9.59 Å². The van der Waals surface area contributed by atoms with E-state index in [0.717, 1.165) is 40.4 Å². The fraction of sp³-hybridized carbons (Fsp3) is 0.522. The van der Waals surface area contributed by atoms with Crippen molar-refractivity contribution in [3.05, 3.63) is 40.4 Å². The smallest absolute Gasteiger partial charge is 0.265 e. The second kappa shape index (κ2) is 8.86. The Morgan fingerprint density at radius 3 is 2.43 bits per heavy atom. The lowest BCUT2D eigenvalue weighted by atomic mass is 10.1. The molecule has 160 valence electrons. The summed E-state index contributed by atoms with van der Waals surface area (Å²) in [7, 11) is 0. The molecular formula is C23H30N4O2S. The molecule has 1 aromatic carbocycles. The summed E-state index contributed by atoms with van der Waals surface area (Å²) in [4.78, 5) is 34.9. The minimum atomic E-state index is -0.148. The molecular weight excluding hydrogens is 396 g/mol. The first-order valence-electron chi connectivity index (χ1n) is 10.9.